The molecule has 1 aromatic heterocycles. The van der Waals surface area contributed by atoms with E-state index < -0.39 is 0 Å². The monoisotopic (exact) mass is 267 g/mol. The Labute approximate surface area is 118 Å². The summed E-state index contributed by atoms with van der Waals surface area (Å²) in [4.78, 5) is 0. The molecule has 1 aliphatic carbocycles. The molecule has 102 valence electrons. The lowest BCUT2D eigenvalue weighted by Gasteiger charge is -2.16. The van der Waals surface area contributed by atoms with Crippen molar-refractivity contribution in [3.8, 4) is 6.07 Å². The van der Waals surface area contributed by atoms with Crippen molar-refractivity contribution in [1.29, 1.82) is 5.26 Å². The Morgan fingerprint density at radius 2 is 2.30 bits per heavy atom. The van der Waals surface area contributed by atoms with Crippen LogP contribution in [0.25, 0.3) is 0 Å². The fraction of sp³-hybridized carbons (Fsp3) is 0.333. The fourth-order valence-corrected chi connectivity index (χ4v) is 2.91. The Balaban J connectivity index is 1.94. The van der Waals surface area contributed by atoms with E-state index in [4.69, 9.17) is 5.73 Å². The number of nitriles is 1. The number of nitrogens with one attached hydrogen (secondary N) is 1. The lowest BCUT2D eigenvalue weighted by molar-refractivity contribution is 0.713. The highest BCUT2D eigenvalue weighted by molar-refractivity contribution is 5.58. The number of hydrogen-bond donors (Lipinski definition) is 2. The second kappa shape index (κ2) is 4.57. The number of aryl methyl sites for hydroxylation is 3. The SMILES string of the molecule is Cc1nn(C)c(NC2CCc3cc(N)ccc32)c1C#N. The van der Waals surface area contributed by atoms with Crippen LogP contribution < -0.4 is 11.1 Å². The highest BCUT2D eigenvalue weighted by atomic mass is 15.3. The molecule has 2 aromatic rings. The summed E-state index contributed by atoms with van der Waals surface area (Å²) in [5.41, 5.74) is 10.6. The molecule has 0 bridgehead atoms. The zero-order chi connectivity index (χ0) is 14.3. The lowest BCUT2D eigenvalue weighted by atomic mass is 10.1. The van der Waals surface area contributed by atoms with E-state index in [9.17, 15) is 5.26 Å². The van der Waals surface area contributed by atoms with Crippen molar-refractivity contribution in [2.75, 3.05) is 11.1 Å². The smallest absolute Gasteiger partial charge is 0.142 e. The van der Waals surface area contributed by atoms with Gasteiger partial charge >= 0.3 is 0 Å². The predicted octanol–water partition coefficient (Wildman–Crippen LogP) is 2.28. The molecule has 0 amide bonds. The molecule has 0 saturated heterocycles. The van der Waals surface area contributed by atoms with E-state index in [1.807, 2.05) is 26.1 Å². The Bertz CT molecular complexity index is 708. The number of aromatic nitrogens is 2. The van der Waals surface area contributed by atoms with Crippen molar-refractivity contribution in [3.05, 3.63) is 40.6 Å². The van der Waals surface area contributed by atoms with Crippen LogP contribution in [-0.2, 0) is 13.5 Å². The second-order valence-electron chi connectivity index (χ2n) is 5.24. The van der Waals surface area contributed by atoms with E-state index in [0.29, 0.717) is 5.56 Å². The maximum Gasteiger partial charge on any atom is 0.142 e. The molecular formula is C15H17N5. The average Bonchev–Trinajstić information content (AvgIpc) is 2.91. The van der Waals surface area contributed by atoms with Gasteiger partial charge in [-0.1, -0.05) is 6.07 Å². The fourth-order valence-electron chi connectivity index (χ4n) is 2.91. The highest BCUT2D eigenvalue weighted by Gasteiger charge is 2.25. The third-order valence-electron chi connectivity index (χ3n) is 3.89. The van der Waals surface area contributed by atoms with Crippen LogP contribution in [-0.4, -0.2) is 9.78 Å². The van der Waals surface area contributed by atoms with Gasteiger partial charge in [0.15, 0.2) is 0 Å². The van der Waals surface area contributed by atoms with Gasteiger partial charge in [0.2, 0.25) is 0 Å². The lowest BCUT2D eigenvalue weighted by Crippen LogP contribution is -2.11. The Morgan fingerprint density at radius 1 is 1.50 bits per heavy atom. The van der Waals surface area contributed by atoms with E-state index in [1.54, 1.807) is 4.68 Å². The first-order valence-corrected chi connectivity index (χ1v) is 6.68. The zero-order valence-electron chi connectivity index (χ0n) is 11.6. The Hall–Kier alpha value is -2.48. The first-order chi connectivity index (χ1) is 9.60. The summed E-state index contributed by atoms with van der Waals surface area (Å²) in [7, 11) is 1.86. The molecule has 3 rings (SSSR count). The molecule has 5 nitrogen and oxygen atoms in total. The van der Waals surface area contributed by atoms with Crippen molar-refractivity contribution >= 4 is 11.5 Å². The number of anilines is 2. The van der Waals surface area contributed by atoms with Crippen LogP contribution in [0.3, 0.4) is 0 Å². The molecule has 0 spiro atoms. The van der Waals surface area contributed by atoms with E-state index in [2.05, 4.69) is 22.6 Å². The van der Waals surface area contributed by atoms with Gasteiger partial charge in [0.25, 0.3) is 0 Å². The van der Waals surface area contributed by atoms with Gasteiger partial charge < -0.3 is 11.1 Å². The molecule has 20 heavy (non-hydrogen) atoms. The van der Waals surface area contributed by atoms with Gasteiger partial charge in [0, 0.05) is 12.7 Å². The van der Waals surface area contributed by atoms with Crippen molar-refractivity contribution in [2.45, 2.75) is 25.8 Å². The summed E-state index contributed by atoms with van der Waals surface area (Å²) >= 11 is 0. The summed E-state index contributed by atoms with van der Waals surface area (Å²) in [5.74, 6) is 0.791. The predicted molar refractivity (Wildman–Crippen MR) is 78.2 cm³/mol. The molecule has 0 aliphatic heterocycles. The van der Waals surface area contributed by atoms with Crippen LogP contribution >= 0.6 is 0 Å². The maximum atomic E-state index is 9.26. The zero-order valence-corrected chi connectivity index (χ0v) is 11.6. The average molecular weight is 267 g/mol. The number of hydrogen-bond acceptors (Lipinski definition) is 4. The van der Waals surface area contributed by atoms with Crippen molar-refractivity contribution in [3.63, 3.8) is 0 Å². The van der Waals surface area contributed by atoms with Gasteiger partial charge in [-0.3, -0.25) is 4.68 Å². The topological polar surface area (TPSA) is 79.7 Å². The van der Waals surface area contributed by atoms with Crippen LogP contribution in [0.5, 0.6) is 0 Å². The number of rotatable bonds is 2. The molecule has 1 unspecified atom stereocenters. The van der Waals surface area contributed by atoms with Gasteiger partial charge in [0.1, 0.15) is 17.5 Å². The summed E-state index contributed by atoms with van der Waals surface area (Å²) in [5, 5.41) is 17.0. The number of nitrogens with zero attached hydrogens (tertiary/aromatic N) is 3. The van der Waals surface area contributed by atoms with Crippen LogP contribution in [0.4, 0.5) is 11.5 Å². The van der Waals surface area contributed by atoms with E-state index in [0.717, 1.165) is 30.0 Å². The van der Waals surface area contributed by atoms with E-state index in [1.165, 1.54) is 11.1 Å². The van der Waals surface area contributed by atoms with Crippen molar-refractivity contribution in [2.24, 2.45) is 7.05 Å². The molecule has 1 heterocycles. The first kappa shape index (κ1) is 12.5. The second-order valence-corrected chi connectivity index (χ2v) is 5.24. The number of nitrogen functional groups attached to an aromatic ring is 1. The highest BCUT2D eigenvalue weighted by Crippen LogP contribution is 2.35. The standard InChI is InChI=1S/C15H17N5/c1-9-13(8-16)15(20(2)19-9)18-14-6-3-10-7-11(17)4-5-12(10)14/h4-5,7,14,18H,3,6,17H2,1-2H3. The summed E-state index contributed by atoms with van der Waals surface area (Å²) in [6.07, 6.45) is 2.02. The third-order valence-corrected chi connectivity index (χ3v) is 3.89. The third kappa shape index (κ3) is 1.90. The molecule has 5 heteroatoms. The summed E-state index contributed by atoms with van der Waals surface area (Å²) < 4.78 is 1.74. The number of nitrogens with two attached hydrogens (primary N) is 1. The Kier molecular flexibility index (Phi) is 2.87. The molecule has 0 saturated carbocycles. The minimum Gasteiger partial charge on any atom is -0.399 e. The maximum absolute atomic E-state index is 9.26. The van der Waals surface area contributed by atoms with Crippen molar-refractivity contribution in [1.82, 2.24) is 9.78 Å². The van der Waals surface area contributed by atoms with Crippen LogP contribution in [0.15, 0.2) is 18.2 Å². The summed E-state index contributed by atoms with van der Waals surface area (Å²) in [6, 6.07) is 8.48. The van der Waals surface area contributed by atoms with Gasteiger partial charge in [-0.25, -0.2) is 0 Å². The Morgan fingerprint density at radius 3 is 3.05 bits per heavy atom. The first-order valence-electron chi connectivity index (χ1n) is 6.68. The van der Waals surface area contributed by atoms with E-state index in [-0.39, 0.29) is 6.04 Å². The van der Waals surface area contributed by atoms with E-state index >= 15 is 0 Å². The normalized spacial score (nSPS) is 16.8. The molecule has 0 fully saturated rings. The minimum absolute atomic E-state index is 0.215. The minimum atomic E-state index is 0.215. The largest absolute Gasteiger partial charge is 0.399 e. The number of fused-ring (bicyclic) bond motifs is 1. The summed E-state index contributed by atoms with van der Waals surface area (Å²) in [6.45, 7) is 1.85. The molecule has 1 aliphatic rings. The molecular weight excluding hydrogens is 250 g/mol. The number of benzene rings is 1. The molecule has 0 radical (unpaired) electrons. The van der Waals surface area contributed by atoms with Gasteiger partial charge in [-0.05, 0) is 43.0 Å². The van der Waals surface area contributed by atoms with Gasteiger partial charge in [-0.15, -0.1) is 0 Å². The van der Waals surface area contributed by atoms with Crippen LogP contribution in [0.1, 0.15) is 34.8 Å². The van der Waals surface area contributed by atoms with Crippen LogP contribution in [0.2, 0.25) is 0 Å². The van der Waals surface area contributed by atoms with Gasteiger partial charge in [0.05, 0.1) is 11.7 Å². The van der Waals surface area contributed by atoms with Crippen LogP contribution in [0, 0.1) is 18.3 Å². The quantitative estimate of drug-likeness (QED) is 0.818. The van der Waals surface area contributed by atoms with Gasteiger partial charge in [-0.2, -0.15) is 10.4 Å². The molecule has 3 N–H and O–H groups in total. The molecule has 1 aromatic carbocycles. The molecule has 1 atom stereocenters. The van der Waals surface area contributed by atoms with Crippen molar-refractivity contribution < 1.29 is 0 Å².